The van der Waals surface area contributed by atoms with E-state index in [2.05, 4.69) is 4.98 Å². The normalized spacial score (nSPS) is 17.0. The predicted octanol–water partition coefficient (Wildman–Crippen LogP) is 3.12. The predicted molar refractivity (Wildman–Crippen MR) is 66.2 cm³/mol. The van der Waals surface area contributed by atoms with Crippen molar-refractivity contribution in [2.75, 3.05) is 0 Å². The Hall–Kier alpha value is -1.84. The minimum atomic E-state index is -0.821. The van der Waals surface area contributed by atoms with Gasteiger partial charge in [0.1, 0.15) is 5.82 Å². The molecule has 0 atom stereocenters. The number of H-pyrrole nitrogens is 1. The van der Waals surface area contributed by atoms with Crippen LogP contribution >= 0.6 is 0 Å². The molecule has 0 aliphatic heterocycles. The van der Waals surface area contributed by atoms with Crippen LogP contribution in [0.2, 0.25) is 0 Å². The number of fused-ring (bicyclic) bond motifs is 1. The molecular weight excluding hydrogens is 233 g/mol. The third-order valence-electron chi connectivity index (χ3n) is 3.90. The molecule has 0 amide bonds. The molecule has 1 aromatic heterocycles. The van der Waals surface area contributed by atoms with Crippen molar-refractivity contribution in [2.45, 2.75) is 31.6 Å². The summed E-state index contributed by atoms with van der Waals surface area (Å²) in [6, 6.07) is 3.41. The van der Waals surface area contributed by atoms with Crippen molar-refractivity contribution in [3.05, 3.63) is 35.3 Å². The van der Waals surface area contributed by atoms with Crippen molar-refractivity contribution in [1.82, 2.24) is 4.98 Å². The Morgan fingerprint density at radius 2 is 2.22 bits per heavy atom. The van der Waals surface area contributed by atoms with E-state index < -0.39 is 5.97 Å². The number of carboxylic acids is 1. The molecule has 1 aromatic carbocycles. The molecule has 0 saturated heterocycles. The molecule has 0 unspecified atom stereocenters. The molecule has 18 heavy (non-hydrogen) atoms. The fourth-order valence-corrected chi connectivity index (χ4v) is 2.64. The molecule has 0 bridgehead atoms. The lowest BCUT2D eigenvalue weighted by Gasteiger charge is -2.13. The SMILES string of the molecule is Cc1c[nH]c2c(F)cc(C3(CC(=O)O)CC3)cc12. The third kappa shape index (κ3) is 1.60. The average Bonchev–Trinajstić information content (AvgIpc) is 2.97. The van der Waals surface area contributed by atoms with E-state index in [4.69, 9.17) is 5.11 Å². The molecule has 2 N–H and O–H groups in total. The minimum absolute atomic E-state index is 0.0847. The lowest BCUT2D eigenvalue weighted by Crippen LogP contribution is -2.13. The molecule has 1 heterocycles. The van der Waals surface area contributed by atoms with Gasteiger partial charge in [0.15, 0.2) is 0 Å². The number of rotatable bonds is 3. The molecular formula is C14H14FNO2. The number of aliphatic carboxylic acids is 1. The smallest absolute Gasteiger partial charge is 0.304 e. The molecule has 2 aromatic rings. The van der Waals surface area contributed by atoms with Crippen LogP contribution in [0.1, 0.15) is 30.4 Å². The molecule has 3 rings (SSSR count). The summed E-state index contributed by atoms with van der Waals surface area (Å²) in [7, 11) is 0. The van der Waals surface area contributed by atoms with Crippen LogP contribution in [0.25, 0.3) is 10.9 Å². The largest absolute Gasteiger partial charge is 0.481 e. The molecule has 4 heteroatoms. The zero-order valence-corrected chi connectivity index (χ0v) is 10.1. The topological polar surface area (TPSA) is 53.1 Å². The summed E-state index contributed by atoms with van der Waals surface area (Å²) < 4.78 is 14.0. The number of aromatic amines is 1. The first-order valence-corrected chi connectivity index (χ1v) is 6.01. The Kier molecular flexibility index (Phi) is 2.24. The molecule has 1 fully saturated rings. The van der Waals surface area contributed by atoms with Gasteiger partial charge in [-0.25, -0.2) is 4.39 Å². The van der Waals surface area contributed by atoms with Crippen molar-refractivity contribution >= 4 is 16.9 Å². The molecule has 1 aliphatic carbocycles. The van der Waals surface area contributed by atoms with Gasteiger partial charge in [0, 0.05) is 17.0 Å². The van der Waals surface area contributed by atoms with Crippen LogP contribution in [-0.2, 0) is 10.2 Å². The van der Waals surface area contributed by atoms with Crippen molar-refractivity contribution in [3.8, 4) is 0 Å². The van der Waals surface area contributed by atoms with Gasteiger partial charge in [0.05, 0.1) is 11.9 Å². The molecule has 1 saturated carbocycles. The first kappa shape index (κ1) is 11.3. The fourth-order valence-electron chi connectivity index (χ4n) is 2.64. The Morgan fingerprint density at radius 1 is 1.50 bits per heavy atom. The highest BCUT2D eigenvalue weighted by Crippen LogP contribution is 2.51. The highest BCUT2D eigenvalue weighted by atomic mass is 19.1. The van der Waals surface area contributed by atoms with E-state index in [0.717, 1.165) is 29.4 Å². The number of hydrogen-bond acceptors (Lipinski definition) is 1. The Bertz CT molecular complexity index is 641. The summed E-state index contributed by atoms with van der Waals surface area (Å²) in [6.45, 7) is 1.92. The van der Waals surface area contributed by atoms with Gasteiger partial charge in [-0.15, -0.1) is 0 Å². The van der Waals surface area contributed by atoms with Gasteiger partial charge < -0.3 is 10.1 Å². The summed E-state index contributed by atoms with van der Waals surface area (Å²) >= 11 is 0. The second kappa shape index (κ2) is 3.57. The second-order valence-corrected chi connectivity index (χ2v) is 5.20. The summed E-state index contributed by atoms with van der Waals surface area (Å²) in [6.07, 6.45) is 3.51. The van der Waals surface area contributed by atoms with Crippen LogP contribution in [0.5, 0.6) is 0 Å². The van der Waals surface area contributed by atoms with Crippen LogP contribution < -0.4 is 0 Å². The van der Waals surface area contributed by atoms with Crippen LogP contribution in [0.3, 0.4) is 0 Å². The maximum atomic E-state index is 14.0. The number of aryl methyl sites for hydroxylation is 1. The number of halogens is 1. The number of hydrogen-bond donors (Lipinski definition) is 2. The summed E-state index contributed by atoms with van der Waals surface area (Å²) in [5.41, 5.74) is 1.96. The maximum Gasteiger partial charge on any atom is 0.304 e. The maximum absolute atomic E-state index is 14.0. The monoisotopic (exact) mass is 247 g/mol. The lowest BCUT2D eigenvalue weighted by atomic mass is 9.91. The van der Waals surface area contributed by atoms with Crippen LogP contribution in [0.15, 0.2) is 18.3 Å². The quantitative estimate of drug-likeness (QED) is 0.875. The summed E-state index contributed by atoms with van der Waals surface area (Å²) in [5.74, 6) is -1.12. The van der Waals surface area contributed by atoms with Crippen molar-refractivity contribution < 1.29 is 14.3 Å². The first-order valence-electron chi connectivity index (χ1n) is 6.01. The number of nitrogens with one attached hydrogen (secondary N) is 1. The van der Waals surface area contributed by atoms with Gasteiger partial charge in [-0.3, -0.25) is 4.79 Å². The highest BCUT2D eigenvalue weighted by molar-refractivity contribution is 5.85. The van der Waals surface area contributed by atoms with E-state index in [-0.39, 0.29) is 17.7 Å². The van der Waals surface area contributed by atoms with E-state index in [0.29, 0.717) is 5.52 Å². The second-order valence-electron chi connectivity index (χ2n) is 5.20. The van der Waals surface area contributed by atoms with Gasteiger partial charge >= 0.3 is 5.97 Å². The van der Waals surface area contributed by atoms with Gasteiger partial charge in [0.25, 0.3) is 0 Å². The first-order chi connectivity index (χ1) is 8.52. The number of carboxylic acid groups (broad SMARTS) is 1. The fraction of sp³-hybridized carbons (Fsp3) is 0.357. The summed E-state index contributed by atoms with van der Waals surface area (Å²) in [4.78, 5) is 13.8. The standard InChI is InChI=1S/C14H14FNO2/c1-8-7-16-13-10(8)4-9(5-11(13)15)14(2-3-14)6-12(17)18/h4-5,7,16H,2-3,6H2,1H3,(H,17,18). The van der Waals surface area contributed by atoms with Crippen LogP contribution in [0, 0.1) is 12.7 Å². The van der Waals surface area contributed by atoms with Crippen molar-refractivity contribution in [3.63, 3.8) is 0 Å². The van der Waals surface area contributed by atoms with Gasteiger partial charge in [-0.05, 0) is 43.0 Å². The molecule has 94 valence electrons. The molecule has 3 nitrogen and oxygen atoms in total. The van der Waals surface area contributed by atoms with E-state index in [9.17, 15) is 9.18 Å². The van der Waals surface area contributed by atoms with E-state index >= 15 is 0 Å². The minimum Gasteiger partial charge on any atom is -0.481 e. The summed E-state index contributed by atoms with van der Waals surface area (Å²) in [5, 5.41) is 9.80. The molecule has 0 radical (unpaired) electrons. The number of benzene rings is 1. The molecule has 0 spiro atoms. The van der Waals surface area contributed by atoms with Crippen LogP contribution in [-0.4, -0.2) is 16.1 Å². The van der Waals surface area contributed by atoms with E-state index in [1.54, 1.807) is 6.20 Å². The van der Waals surface area contributed by atoms with Gasteiger partial charge in [-0.2, -0.15) is 0 Å². The highest BCUT2D eigenvalue weighted by Gasteiger charge is 2.46. The zero-order chi connectivity index (χ0) is 12.9. The van der Waals surface area contributed by atoms with E-state index in [1.807, 2.05) is 13.0 Å². The van der Waals surface area contributed by atoms with Crippen molar-refractivity contribution in [2.24, 2.45) is 0 Å². The lowest BCUT2D eigenvalue weighted by molar-refractivity contribution is -0.137. The van der Waals surface area contributed by atoms with Gasteiger partial charge in [-0.1, -0.05) is 0 Å². The van der Waals surface area contributed by atoms with E-state index in [1.165, 1.54) is 6.07 Å². The Morgan fingerprint density at radius 3 is 2.83 bits per heavy atom. The van der Waals surface area contributed by atoms with Gasteiger partial charge in [0.2, 0.25) is 0 Å². The average molecular weight is 247 g/mol. The van der Waals surface area contributed by atoms with Crippen molar-refractivity contribution in [1.29, 1.82) is 0 Å². The number of aromatic nitrogens is 1. The molecule has 1 aliphatic rings. The Balaban J connectivity index is 2.13. The zero-order valence-electron chi connectivity index (χ0n) is 10.1. The van der Waals surface area contributed by atoms with Crippen LogP contribution in [0.4, 0.5) is 4.39 Å². The Labute approximate surface area is 104 Å². The number of carbonyl (C=O) groups is 1. The third-order valence-corrected chi connectivity index (χ3v) is 3.90.